The number of rotatable bonds is 7. The number of carbonyl (C=O) groups excluding carboxylic acids is 1. The van der Waals surface area contributed by atoms with E-state index in [1.54, 1.807) is 0 Å². The molecule has 1 fully saturated rings. The highest BCUT2D eigenvalue weighted by Gasteiger charge is 2.18. The standard InChI is InChI=1S/C18H29N3O/c1-3-4-5-9-19-18(22)15-20-10-12-21(13-11-20)17-8-6-7-16(2)14-17/h6-8,14H,3-5,9-13,15H2,1-2H3,(H,19,22). The van der Waals surface area contributed by atoms with E-state index in [1.807, 2.05) is 0 Å². The molecule has 4 heteroatoms. The van der Waals surface area contributed by atoms with Crippen LogP contribution in [0, 0.1) is 6.92 Å². The number of benzene rings is 1. The van der Waals surface area contributed by atoms with E-state index in [-0.39, 0.29) is 5.91 Å². The molecule has 22 heavy (non-hydrogen) atoms. The van der Waals surface area contributed by atoms with Gasteiger partial charge in [0.15, 0.2) is 0 Å². The van der Waals surface area contributed by atoms with Crippen molar-refractivity contribution in [1.82, 2.24) is 10.2 Å². The smallest absolute Gasteiger partial charge is 0.234 e. The summed E-state index contributed by atoms with van der Waals surface area (Å²) in [6.07, 6.45) is 3.47. The van der Waals surface area contributed by atoms with Crippen molar-refractivity contribution in [2.24, 2.45) is 0 Å². The molecule has 1 N–H and O–H groups in total. The first-order chi connectivity index (χ1) is 10.7. The molecule has 0 spiro atoms. The Hall–Kier alpha value is -1.55. The molecule has 1 amide bonds. The zero-order chi connectivity index (χ0) is 15.8. The number of hydrogen-bond acceptors (Lipinski definition) is 3. The number of amides is 1. The van der Waals surface area contributed by atoms with Crippen LogP contribution in [0.4, 0.5) is 5.69 Å². The first kappa shape index (κ1) is 16.8. The van der Waals surface area contributed by atoms with E-state index in [1.165, 1.54) is 24.1 Å². The number of aryl methyl sites for hydroxylation is 1. The number of unbranched alkanes of at least 4 members (excludes halogenated alkanes) is 2. The van der Waals surface area contributed by atoms with Gasteiger partial charge < -0.3 is 10.2 Å². The summed E-state index contributed by atoms with van der Waals surface area (Å²) in [6, 6.07) is 8.64. The number of nitrogens with one attached hydrogen (secondary N) is 1. The van der Waals surface area contributed by atoms with Gasteiger partial charge in [0.25, 0.3) is 0 Å². The molecule has 1 heterocycles. The Kier molecular flexibility index (Phi) is 6.72. The van der Waals surface area contributed by atoms with E-state index in [4.69, 9.17) is 0 Å². The van der Waals surface area contributed by atoms with Crippen molar-refractivity contribution >= 4 is 11.6 Å². The summed E-state index contributed by atoms with van der Waals surface area (Å²) < 4.78 is 0. The first-order valence-electron chi connectivity index (χ1n) is 8.49. The van der Waals surface area contributed by atoms with Gasteiger partial charge in [0.2, 0.25) is 5.91 Å². The largest absolute Gasteiger partial charge is 0.369 e. The zero-order valence-corrected chi connectivity index (χ0v) is 14.0. The van der Waals surface area contributed by atoms with E-state index in [0.29, 0.717) is 6.54 Å². The van der Waals surface area contributed by atoms with Gasteiger partial charge in [0.05, 0.1) is 6.54 Å². The number of hydrogen-bond donors (Lipinski definition) is 1. The highest BCUT2D eigenvalue weighted by Crippen LogP contribution is 2.17. The lowest BCUT2D eigenvalue weighted by molar-refractivity contribution is -0.122. The molecule has 0 bridgehead atoms. The van der Waals surface area contributed by atoms with Crippen molar-refractivity contribution < 1.29 is 4.79 Å². The van der Waals surface area contributed by atoms with Crippen LogP contribution in [0.15, 0.2) is 24.3 Å². The third-order valence-electron chi connectivity index (χ3n) is 4.21. The summed E-state index contributed by atoms with van der Waals surface area (Å²) in [4.78, 5) is 16.6. The Morgan fingerprint density at radius 3 is 2.64 bits per heavy atom. The molecule has 0 aliphatic carbocycles. The van der Waals surface area contributed by atoms with Crippen molar-refractivity contribution in [3.05, 3.63) is 29.8 Å². The lowest BCUT2D eigenvalue weighted by atomic mass is 10.2. The second-order valence-corrected chi connectivity index (χ2v) is 6.16. The third kappa shape index (κ3) is 5.34. The van der Waals surface area contributed by atoms with Gasteiger partial charge >= 0.3 is 0 Å². The average Bonchev–Trinajstić information content (AvgIpc) is 2.52. The number of nitrogens with zero attached hydrogens (tertiary/aromatic N) is 2. The lowest BCUT2D eigenvalue weighted by Crippen LogP contribution is -2.49. The van der Waals surface area contributed by atoms with Crippen LogP contribution in [0.2, 0.25) is 0 Å². The molecule has 2 rings (SSSR count). The quantitative estimate of drug-likeness (QED) is 0.786. The molecule has 0 unspecified atom stereocenters. The highest BCUT2D eigenvalue weighted by atomic mass is 16.2. The summed E-state index contributed by atoms with van der Waals surface area (Å²) in [7, 11) is 0. The average molecular weight is 303 g/mol. The zero-order valence-electron chi connectivity index (χ0n) is 14.0. The lowest BCUT2D eigenvalue weighted by Gasteiger charge is -2.35. The van der Waals surface area contributed by atoms with E-state index < -0.39 is 0 Å². The molecule has 122 valence electrons. The Morgan fingerprint density at radius 2 is 1.95 bits per heavy atom. The van der Waals surface area contributed by atoms with Gasteiger partial charge in [0.1, 0.15) is 0 Å². The van der Waals surface area contributed by atoms with E-state index >= 15 is 0 Å². The minimum Gasteiger partial charge on any atom is -0.369 e. The van der Waals surface area contributed by atoms with Gasteiger partial charge in [0, 0.05) is 38.4 Å². The predicted octanol–water partition coefficient (Wildman–Crippen LogP) is 2.42. The second-order valence-electron chi connectivity index (χ2n) is 6.16. The van der Waals surface area contributed by atoms with Crippen molar-refractivity contribution in [2.75, 3.05) is 44.2 Å². The number of carbonyl (C=O) groups is 1. The maximum Gasteiger partial charge on any atom is 0.234 e. The topological polar surface area (TPSA) is 35.6 Å². The molecule has 0 saturated carbocycles. The normalized spacial score (nSPS) is 15.8. The second kappa shape index (κ2) is 8.79. The summed E-state index contributed by atoms with van der Waals surface area (Å²) in [5, 5.41) is 3.02. The van der Waals surface area contributed by atoms with Gasteiger partial charge in [-0.25, -0.2) is 0 Å². The Labute approximate surface area is 134 Å². The SMILES string of the molecule is CCCCCNC(=O)CN1CCN(c2cccc(C)c2)CC1. The molecule has 1 aliphatic rings. The highest BCUT2D eigenvalue weighted by molar-refractivity contribution is 5.78. The van der Waals surface area contributed by atoms with Gasteiger partial charge in [-0.1, -0.05) is 31.9 Å². The van der Waals surface area contributed by atoms with Crippen LogP contribution < -0.4 is 10.2 Å². The van der Waals surface area contributed by atoms with Crippen LogP contribution in [0.3, 0.4) is 0 Å². The summed E-state index contributed by atoms with van der Waals surface area (Å²) in [5.74, 6) is 0.167. The molecule has 4 nitrogen and oxygen atoms in total. The minimum atomic E-state index is 0.167. The molecule has 1 aromatic rings. The minimum absolute atomic E-state index is 0.167. The Bertz CT molecular complexity index is 467. The van der Waals surface area contributed by atoms with E-state index in [0.717, 1.165) is 39.1 Å². The fourth-order valence-electron chi connectivity index (χ4n) is 2.85. The molecule has 0 aromatic heterocycles. The molecular weight excluding hydrogens is 274 g/mol. The molecule has 0 radical (unpaired) electrons. The molecule has 1 saturated heterocycles. The van der Waals surface area contributed by atoms with Crippen LogP contribution >= 0.6 is 0 Å². The third-order valence-corrected chi connectivity index (χ3v) is 4.21. The van der Waals surface area contributed by atoms with Gasteiger partial charge in [-0.15, -0.1) is 0 Å². The monoisotopic (exact) mass is 303 g/mol. The van der Waals surface area contributed by atoms with Crippen LogP contribution in [0.25, 0.3) is 0 Å². The molecule has 1 aliphatic heterocycles. The van der Waals surface area contributed by atoms with Crippen molar-refractivity contribution in [3.63, 3.8) is 0 Å². The fraction of sp³-hybridized carbons (Fsp3) is 0.611. The van der Waals surface area contributed by atoms with Crippen LogP contribution in [-0.2, 0) is 4.79 Å². The number of piperazine rings is 1. The van der Waals surface area contributed by atoms with Crippen molar-refractivity contribution in [2.45, 2.75) is 33.1 Å². The van der Waals surface area contributed by atoms with Gasteiger partial charge in [-0.2, -0.15) is 0 Å². The van der Waals surface area contributed by atoms with Crippen LogP contribution in [0.1, 0.15) is 31.7 Å². The van der Waals surface area contributed by atoms with Crippen molar-refractivity contribution in [3.8, 4) is 0 Å². The summed E-state index contributed by atoms with van der Waals surface area (Å²) in [5.41, 5.74) is 2.59. The van der Waals surface area contributed by atoms with E-state index in [2.05, 4.69) is 53.2 Å². The molecular formula is C18H29N3O. The van der Waals surface area contributed by atoms with Gasteiger partial charge in [-0.3, -0.25) is 9.69 Å². The van der Waals surface area contributed by atoms with Crippen LogP contribution in [0.5, 0.6) is 0 Å². The van der Waals surface area contributed by atoms with E-state index in [9.17, 15) is 4.79 Å². The molecule has 0 atom stereocenters. The summed E-state index contributed by atoms with van der Waals surface area (Å²) >= 11 is 0. The Balaban J connectivity index is 1.69. The maximum atomic E-state index is 11.9. The predicted molar refractivity (Wildman–Crippen MR) is 92.4 cm³/mol. The summed E-state index contributed by atoms with van der Waals surface area (Å²) in [6.45, 7) is 9.55. The Morgan fingerprint density at radius 1 is 1.18 bits per heavy atom. The first-order valence-corrected chi connectivity index (χ1v) is 8.49. The molecule has 1 aromatic carbocycles. The van der Waals surface area contributed by atoms with Gasteiger partial charge in [-0.05, 0) is 31.0 Å². The number of anilines is 1. The van der Waals surface area contributed by atoms with Crippen molar-refractivity contribution in [1.29, 1.82) is 0 Å². The fourth-order valence-corrected chi connectivity index (χ4v) is 2.85. The van der Waals surface area contributed by atoms with Crippen LogP contribution in [-0.4, -0.2) is 50.1 Å². The maximum absolute atomic E-state index is 11.9.